The van der Waals surface area contributed by atoms with E-state index in [1.165, 1.54) is 0 Å². The molecular weight excluding hydrogens is 392 g/mol. The molecule has 3 aromatic carbocycles. The van der Waals surface area contributed by atoms with Gasteiger partial charge in [-0.15, -0.1) is 0 Å². The topological polar surface area (TPSA) is 41.9 Å². The van der Waals surface area contributed by atoms with Crippen LogP contribution in [0.15, 0.2) is 71.7 Å². The summed E-state index contributed by atoms with van der Waals surface area (Å²) in [6.07, 6.45) is 0. The smallest absolute Gasteiger partial charge is 0.266 e. The van der Waals surface area contributed by atoms with Crippen LogP contribution in [0.1, 0.15) is 6.92 Å². The summed E-state index contributed by atoms with van der Waals surface area (Å²) < 4.78 is 5.76. The van der Waals surface area contributed by atoms with E-state index in [9.17, 15) is 4.79 Å². The van der Waals surface area contributed by atoms with Gasteiger partial charge < -0.3 is 4.74 Å². The molecule has 1 atom stereocenters. The minimum absolute atomic E-state index is 0.0226. The maximum absolute atomic E-state index is 12.8. The SMILES string of the molecule is C[C@@H]1CN(C(=O)COc2ccc3ccccc3c2)C(=Nc2ccc(Cl)cc2)S1. The highest BCUT2D eigenvalue weighted by Crippen LogP contribution is 2.29. The molecule has 0 aromatic heterocycles. The summed E-state index contributed by atoms with van der Waals surface area (Å²) in [5, 5.41) is 3.87. The van der Waals surface area contributed by atoms with Crippen molar-refractivity contribution < 1.29 is 9.53 Å². The van der Waals surface area contributed by atoms with E-state index in [-0.39, 0.29) is 17.8 Å². The lowest BCUT2D eigenvalue weighted by Crippen LogP contribution is -2.36. The summed E-state index contributed by atoms with van der Waals surface area (Å²) in [6.45, 7) is 2.68. The zero-order valence-corrected chi connectivity index (χ0v) is 16.9. The van der Waals surface area contributed by atoms with Crippen LogP contribution in [0.2, 0.25) is 5.02 Å². The van der Waals surface area contributed by atoms with E-state index in [1.54, 1.807) is 28.8 Å². The van der Waals surface area contributed by atoms with E-state index in [4.69, 9.17) is 16.3 Å². The molecule has 1 fully saturated rings. The van der Waals surface area contributed by atoms with Gasteiger partial charge in [0.05, 0.1) is 5.69 Å². The van der Waals surface area contributed by atoms with Crippen molar-refractivity contribution in [3.8, 4) is 5.75 Å². The molecule has 6 heteroatoms. The number of thioether (sulfide) groups is 1. The Bertz CT molecular complexity index is 1040. The Balaban J connectivity index is 1.46. The van der Waals surface area contributed by atoms with Gasteiger partial charge in [0.2, 0.25) is 0 Å². The molecule has 142 valence electrons. The summed E-state index contributed by atoms with van der Waals surface area (Å²) >= 11 is 7.52. The highest BCUT2D eigenvalue weighted by atomic mass is 35.5. The van der Waals surface area contributed by atoms with Gasteiger partial charge in [-0.05, 0) is 47.2 Å². The number of nitrogens with zero attached hydrogens (tertiary/aromatic N) is 2. The number of hydrogen-bond acceptors (Lipinski definition) is 4. The van der Waals surface area contributed by atoms with Crippen LogP contribution < -0.4 is 4.74 Å². The molecule has 4 nitrogen and oxygen atoms in total. The van der Waals surface area contributed by atoms with Gasteiger partial charge in [0.15, 0.2) is 11.8 Å². The number of benzene rings is 3. The number of aliphatic imine (C=N–C) groups is 1. The van der Waals surface area contributed by atoms with E-state index in [2.05, 4.69) is 11.9 Å². The minimum atomic E-state index is -0.0993. The molecule has 0 spiro atoms. The van der Waals surface area contributed by atoms with Crippen molar-refractivity contribution in [3.05, 3.63) is 71.8 Å². The Morgan fingerprint density at radius 1 is 1.14 bits per heavy atom. The van der Waals surface area contributed by atoms with Crippen LogP contribution in [0, 0.1) is 0 Å². The Morgan fingerprint density at radius 2 is 1.89 bits per heavy atom. The Hall–Kier alpha value is -2.50. The monoisotopic (exact) mass is 410 g/mol. The molecule has 3 aromatic rings. The number of halogens is 1. The van der Waals surface area contributed by atoms with Gasteiger partial charge in [0, 0.05) is 16.8 Å². The van der Waals surface area contributed by atoms with Crippen molar-refractivity contribution in [2.45, 2.75) is 12.2 Å². The third-order valence-electron chi connectivity index (χ3n) is 4.41. The largest absolute Gasteiger partial charge is 0.484 e. The maximum atomic E-state index is 12.8. The molecule has 0 radical (unpaired) electrons. The number of rotatable bonds is 4. The van der Waals surface area contributed by atoms with E-state index < -0.39 is 0 Å². The molecule has 28 heavy (non-hydrogen) atoms. The number of amides is 1. The lowest BCUT2D eigenvalue weighted by molar-refractivity contribution is -0.129. The average molecular weight is 411 g/mol. The van der Waals surface area contributed by atoms with Crippen LogP contribution in [-0.2, 0) is 4.79 Å². The van der Waals surface area contributed by atoms with Gasteiger partial charge in [-0.3, -0.25) is 9.69 Å². The van der Waals surface area contributed by atoms with Crippen LogP contribution in [0.25, 0.3) is 10.8 Å². The standard InChI is InChI=1S/C22H19ClN2O2S/c1-15-13-25(22(28-15)24-19-9-7-18(23)8-10-19)21(26)14-27-20-11-6-16-4-2-3-5-17(16)12-20/h2-12,15H,13-14H2,1H3/t15-/m1/s1. The highest BCUT2D eigenvalue weighted by Gasteiger charge is 2.31. The lowest BCUT2D eigenvalue weighted by atomic mass is 10.1. The van der Waals surface area contributed by atoms with E-state index in [1.807, 2.05) is 54.6 Å². The van der Waals surface area contributed by atoms with Crippen molar-refractivity contribution in [2.75, 3.05) is 13.2 Å². The van der Waals surface area contributed by atoms with Crippen LogP contribution in [-0.4, -0.2) is 34.4 Å². The third kappa shape index (κ3) is 4.32. The number of amidine groups is 1. The van der Waals surface area contributed by atoms with E-state index in [0.717, 1.165) is 16.5 Å². The molecule has 0 bridgehead atoms. The van der Waals surface area contributed by atoms with Gasteiger partial charge in [0.25, 0.3) is 5.91 Å². The van der Waals surface area contributed by atoms with Crippen molar-refractivity contribution in [1.29, 1.82) is 0 Å². The summed E-state index contributed by atoms with van der Waals surface area (Å²) in [5.41, 5.74) is 0.772. The van der Waals surface area contributed by atoms with Gasteiger partial charge in [-0.1, -0.05) is 60.6 Å². The van der Waals surface area contributed by atoms with Crippen LogP contribution >= 0.6 is 23.4 Å². The van der Waals surface area contributed by atoms with Crippen molar-refractivity contribution >= 4 is 50.9 Å². The lowest BCUT2D eigenvalue weighted by Gasteiger charge is -2.16. The fourth-order valence-electron chi connectivity index (χ4n) is 3.02. The second-order valence-electron chi connectivity index (χ2n) is 6.60. The molecular formula is C22H19ClN2O2S. The number of ether oxygens (including phenoxy) is 1. The number of carbonyl (C=O) groups excluding carboxylic acids is 1. The Kier molecular flexibility index (Phi) is 5.55. The summed E-state index contributed by atoms with van der Waals surface area (Å²) in [6, 6.07) is 21.2. The van der Waals surface area contributed by atoms with Gasteiger partial charge >= 0.3 is 0 Å². The average Bonchev–Trinajstić information content (AvgIpc) is 3.08. The van der Waals surface area contributed by atoms with Gasteiger partial charge in [-0.2, -0.15) is 0 Å². The zero-order chi connectivity index (χ0) is 19.5. The molecule has 1 heterocycles. The van der Waals surface area contributed by atoms with Crippen molar-refractivity contribution in [2.24, 2.45) is 4.99 Å². The Labute approximate surface area is 173 Å². The fraction of sp³-hybridized carbons (Fsp3) is 0.182. The summed E-state index contributed by atoms with van der Waals surface area (Å²) in [5.74, 6) is 0.584. The molecule has 1 aliphatic heterocycles. The van der Waals surface area contributed by atoms with Crippen LogP contribution in [0.5, 0.6) is 5.75 Å². The quantitative estimate of drug-likeness (QED) is 0.568. The molecule has 0 saturated carbocycles. The number of hydrogen-bond donors (Lipinski definition) is 0. The minimum Gasteiger partial charge on any atom is -0.484 e. The first kappa shape index (κ1) is 18.8. The molecule has 4 rings (SSSR count). The second kappa shape index (κ2) is 8.25. The van der Waals surface area contributed by atoms with Crippen molar-refractivity contribution in [1.82, 2.24) is 4.90 Å². The summed E-state index contributed by atoms with van der Waals surface area (Å²) in [7, 11) is 0. The maximum Gasteiger partial charge on any atom is 0.266 e. The first-order chi connectivity index (χ1) is 13.6. The van der Waals surface area contributed by atoms with Crippen molar-refractivity contribution in [3.63, 3.8) is 0 Å². The van der Waals surface area contributed by atoms with Gasteiger partial charge in [-0.25, -0.2) is 4.99 Å². The van der Waals surface area contributed by atoms with Gasteiger partial charge in [0.1, 0.15) is 5.75 Å². The van der Waals surface area contributed by atoms with Crippen LogP contribution in [0.4, 0.5) is 5.69 Å². The molecule has 1 saturated heterocycles. The molecule has 1 aliphatic rings. The molecule has 0 aliphatic carbocycles. The molecule has 0 N–H and O–H groups in total. The summed E-state index contributed by atoms with van der Waals surface area (Å²) in [4.78, 5) is 19.1. The molecule has 0 unspecified atom stereocenters. The second-order valence-corrected chi connectivity index (χ2v) is 8.44. The van der Waals surface area contributed by atoms with Crippen LogP contribution in [0.3, 0.4) is 0 Å². The number of carbonyl (C=O) groups is 1. The third-order valence-corrected chi connectivity index (χ3v) is 5.74. The van der Waals surface area contributed by atoms with E-state index in [0.29, 0.717) is 22.5 Å². The predicted molar refractivity (Wildman–Crippen MR) is 117 cm³/mol. The number of fused-ring (bicyclic) bond motifs is 1. The zero-order valence-electron chi connectivity index (χ0n) is 15.3. The highest BCUT2D eigenvalue weighted by molar-refractivity contribution is 8.14. The van der Waals surface area contributed by atoms with E-state index >= 15 is 0 Å². The Morgan fingerprint density at radius 3 is 2.68 bits per heavy atom. The normalized spacial score (nSPS) is 18.0. The fourth-order valence-corrected chi connectivity index (χ4v) is 4.19. The predicted octanol–water partition coefficient (Wildman–Crippen LogP) is 5.52. The first-order valence-electron chi connectivity index (χ1n) is 9.01. The first-order valence-corrected chi connectivity index (χ1v) is 10.3. The molecule has 1 amide bonds.